The molecule has 84 heavy (non-hydrogen) atoms. The summed E-state index contributed by atoms with van der Waals surface area (Å²) in [5.74, 6) is 1.51. The second kappa shape index (κ2) is 34.3. The highest BCUT2D eigenvalue weighted by atomic mass is 31.1. The molecule has 0 N–H and O–H groups in total. The predicted octanol–water partition coefficient (Wildman–Crippen LogP) is 21.4. The largest absolute Gasteiger partial charge is 0.290 e. The highest BCUT2D eigenvalue weighted by Crippen LogP contribution is 2.60. The van der Waals surface area contributed by atoms with Crippen molar-refractivity contribution < 1.29 is 14.4 Å². The molecule has 0 fully saturated rings. The summed E-state index contributed by atoms with van der Waals surface area (Å²) in [5, 5.41) is 2.06. The molecule has 0 amide bonds. The molecule has 0 heterocycles. The summed E-state index contributed by atoms with van der Waals surface area (Å²) in [7, 11) is -0.366. The third kappa shape index (κ3) is 23.5. The van der Waals surface area contributed by atoms with Crippen molar-refractivity contribution in [3.05, 3.63) is 305 Å². The fraction of sp³-hybridized carbons (Fsp3) is 0.212. The van der Waals surface area contributed by atoms with Crippen LogP contribution in [0.4, 0.5) is 0 Å². The van der Waals surface area contributed by atoms with Gasteiger partial charge in [-0.05, 0) is 131 Å². The van der Waals surface area contributed by atoms with E-state index in [0.29, 0.717) is 17.8 Å². The number of hydrogen-bond acceptors (Lipinski definition) is 3. The topological polar surface area (TPSA) is 51.2 Å². The van der Waals surface area contributed by atoms with E-state index < -0.39 is 0 Å². The van der Waals surface area contributed by atoms with Gasteiger partial charge in [0.05, 0.1) is 0 Å². The first-order chi connectivity index (χ1) is 40.2. The van der Waals surface area contributed by atoms with Crippen LogP contribution in [-0.2, 0) is 14.4 Å². The number of benzene rings is 8. The molecule has 430 valence electrons. The summed E-state index contributed by atoms with van der Waals surface area (Å²) >= 11 is 0. The Morgan fingerprint density at radius 2 is 0.548 bits per heavy atom. The van der Waals surface area contributed by atoms with Gasteiger partial charge in [-0.3, -0.25) is 14.4 Å². The molecule has 0 aliphatic heterocycles. The van der Waals surface area contributed by atoms with Gasteiger partial charge in [-0.25, -0.2) is 0 Å². The van der Waals surface area contributed by atoms with Crippen LogP contribution in [-0.4, -0.2) is 27.7 Å². The van der Waals surface area contributed by atoms with E-state index in [1.807, 2.05) is 218 Å². The van der Waals surface area contributed by atoms with Gasteiger partial charge in [0.25, 0.3) is 0 Å². The van der Waals surface area contributed by atoms with Crippen molar-refractivity contribution in [2.75, 3.05) is 0 Å². The van der Waals surface area contributed by atoms with Crippen molar-refractivity contribution in [3.8, 4) is 11.1 Å². The molecule has 0 radical (unpaired) electrons. The molecule has 4 heteroatoms. The Hall–Kier alpha value is -8.36. The van der Waals surface area contributed by atoms with Gasteiger partial charge in [0.1, 0.15) is 0 Å². The van der Waals surface area contributed by atoms with Crippen molar-refractivity contribution in [2.45, 2.75) is 111 Å². The Kier molecular flexibility index (Phi) is 27.1. The van der Waals surface area contributed by atoms with Gasteiger partial charge in [-0.1, -0.05) is 346 Å². The zero-order chi connectivity index (χ0) is 60.9. The van der Waals surface area contributed by atoms with Crippen molar-refractivity contribution in [2.24, 2.45) is 0 Å². The summed E-state index contributed by atoms with van der Waals surface area (Å²) < 4.78 is 0. The van der Waals surface area contributed by atoms with Gasteiger partial charge in [0.15, 0.2) is 17.3 Å². The maximum Gasteiger partial charge on any atom is 0.178 e. The molecule has 0 aliphatic carbocycles. The lowest BCUT2D eigenvalue weighted by molar-refractivity contribution is -0.111. The highest BCUT2D eigenvalue weighted by molar-refractivity contribution is 7.68. The lowest BCUT2D eigenvalue weighted by Crippen LogP contribution is -2.32. The van der Waals surface area contributed by atoms with Gasteiger partial charge >= 0.3 is 0 Å². The summed E-state index contributed by atoms with van der Waals surface area (Å²) in [6.07, 6.45) is 20.4. The van der Waals surface area contributed by atoms with Gasteiger partial charge in [-0.15, -0.1) is 0 Å². The normalized spacial score (nSPS) is 11.9. The first-order valence-corrected chi connectivity index (χ1v) is 30.6. The highest BCUT2D eigenvalue weighted by Gasteiger charge is 2.37. The van der Waals surface area contributed by atoms with E-state index in [0.717, 1.165) is 33.4 Å². The van der Waals surface area contributed by atoms with Gasteiger partial charge in [-0.2, -0.15) is 0 Å². The van der Waals surface area contributed by atoms with Crippen LogP contribution in [0.25, 0.3) is 47.6 Å². The van der Waals surface area contributed by atoms with Crippen LogP contribution in [0.2, 0.25) is 0 Å². The van der Waals surface area contributed by atoms with E-state index in [1.165, 1.54) is 27.8 Å². The fourth-order valence-corrected chi connectivity index (χ4v) is 13.6. The Balaban J connectivity index is 0.000000211. The molecular formula is C80H87O3P. The fourth-order valence-electron chi connectivity index (χ4n) is 9.50. The van der Waals surface area contributed by atoms with Crippen LogP contribution in [0.15, 0.2) is 255 Å². The molecule has 0 aliphatic rings. The molecule has 0 unspecified atom stereocenters. The van der Waals surface area contributed by atoms with E-state index in [4.69, 9.17) is 0 Å². The van der Waals surface area contributed by atoms with E-state index in [9.17, 15) is 14.4 Å². The van der Waals surface area contributed by atoms with Crippen molar-refractivity contribution >= 4 is 67.0 Å². The first-order valence-electron chi connectivity index (χ1n) is 29.3. The molecule has 3 nitrogen and oxygen atoms in total. The van der Waals surface area contributed by atoms with Crippen molar-refractivity contribution in [1.82, 2.24) is 0 Å². The lowest BCUT2D eigenvalue weighted by atomic mass is 9.82. The maximum absolute atomic E-state index is 11.6. The number of rotatable bonds is 17. The Morgan fingerprint density at radius 3 is 0.762 bits per heavy atom. The summed E-state index contributed by atoms with van der Waals surface area (Å²) in [6.45, 7) is 28.6. The second-order valence-corrected chi connectivity index (χ2v) is 27.2. The Labute approximate surface area is 505 Å². The molecule has 8 rings (SSSR count). The second-order valence-electron chi connectivity index (χ2n) is 23.4. The van der Waals surface area contributed by atoms with E-state index in [2.05, 4.69) is 119 Å². The quantitative estimate of drug-likeness (QED) is 0.0674. The summed E-state index contributed by atoms with van der Waals surface area (Å²) in [5.41, 5.74) is 13.6. The predicted molar refractivity (Wildman–Crippen MR) is 368 cm³/mol. The number of hydrogen-bond donors (Lipinski definition) is 0. The molecule has 8 aromatic carbocycles. The zero-order valence-electron chi connectivity index (χ0n) is 51.6. The van der Waals surface area contributed by atoms with Gasteiger partial charge in [0.2, 0.25) is 0 Å². The first kappa shape index (κ1) is 66.4. The average Bonchev–Trinajstić information content (AvgIpc) is 3.22. The van der Waals surface area contributed by atoms with Crippen LogP contribution < -0.4 is 5.30 Å². The molecule has 0 saturated heterocycles. The van der Waals surface area contributed by atoms with E-state index in [-0.39, 0.29) is 35.6 Å². The van der Waals surface area contributed by atoms with Crippen LogP contribution in [0.3, 0.4) is 0 Å². The van der Waals surface area contributed by atoms with Gasteiger partial charge < -0.3 is 0 Å². The monoisotopic (exact) mass is 1130 g/mol. The molecule has 0 spiro atoms. The number of allylic oxidation sites excluding steroid dienone is 6. The molecule has 0 aromatic heterocycles. The third-order valence-corrected chi connectivity index (χ3v) is 16.9. The van der Waals surface area contributed by atoms with Crippen molar-refractivity contribution in [3.63, 3.8) is 0 Å². The minimum atomic E-state index is -0.366. The zero-order valence-corrected chi connectivity index (χ0v) is 52.5. The summed E-state index contributed by atoms with van der Waals surface area (Å²) in [4.78, 5) is 34.8. The average molecular weight is 1130 g/mol. The minimum Gasteiger partial charge on any atom is -0.290 e. The summed E-state index contributed by atoms with van der Waals surface area (Å²) in [6, 6.07) is 72.9. The van der Waals surface area contributed by atoms with Crippen LogP contribution in [0.5, 0.6) is 0 Å². The smallest absolute Gasteiger partial charge is 0.178 e. The van der Waals surface area contributed by atoms with Crippen LogP contribution in [0.1, 0.15) is 151 Å². The minimum absolute atomic E-state index is 0.0114. The molecule has 8 aromatic rings. The SMILES string of the molecule is CC(C)c1cc(C(C)C)c(-c2ccccc2P(C(C)(C)C)C(C)(C)C)c(C(C)C)c1.O=C(C=Cc1ccccc1)C=Cc1ccccc1.O=C(C=Cc1ccccc1)C=Cc1ccccc1.O=C(C=Cc1ccccc1)C=Cc1ccccc1. The van der Waals surface area contributed by atoms with Crippen molar-refractivity contribution in [1.29, 1.82) is 0 Å². The standard InChI is InChI=1S/C29H45P.3C17H14O/c1-19(2)22-17-24(20(3)4)27(25(18-22)21(5)6)23-15-13-14-16-26(23)30(28(7,8)9)29(10,11)12;3*18-17(13-11-15-7-3-1-4-8-15)14-12-16-9-5-2-6-10-16/h13-21H,1-12H3;3*1-14H. The maximum atomic E-state index is 11.6. The molecule has 0 bridgehead atoms. The van der Waals surface area contributed by atoms with Gasteiger partial charge in [0, 0.05) is 0 Å². The van der Waals surface area contributed by atoms with Crippen LogP contribution >= 0.6 is 7.92 Å². The number of carbonyl (C=O) groups is 3. The Morgan fingerprint density at radius 1 is 0.321 bits per heavy atom. The van der Waals surface area contributed by atoms with Crippen LogP contribution in [0, 0.1) is 0 Å². The van der Waals surface area contributed by atoms with E-state index in [1.54, 1.807) is 41.8 Å². The number of ketones is 3. The third-order valence-electron chi connectivity index (χ3n) is 13.3. The van der Waals surface area contributed by atoms with E-state index >= 15 is 0 Å². The lowest BCUT2D eigenvalue weighted by Gasteiger charge is -2.43. The molecule has 0 saturated carbocycles. The number of carbonyl (C=O) groups excluding carboxylic acids is 3. The molecular weight excluding hydrogens is 1040 g/mol. The Bertz CT molecular complexity index is 2990. The molecule has 0 atom stereocenters.